The molecule has 0 radical (unpaired) electrons. The molecule has 1 N–H and O–H groups in total. The Bertz CT molecular complexity index is 1120. The molecule has 0 saturated carbocycles. The zero-order chi connectivity index (χ0) is 20.5. The first-order valence-electron chi connectivity index (χ1n) is 7.69. The van der Waals surface area contributed by atoms with E-state index < -0.39 is 26.7 Å². The van der Waals surface area contributed by atoms with Gasteiger partial charge < -0.3 is 0 Å². The lowest BCUT2D eigenvalue weighted by molar-refractivity contribution is -0.139. The lowest BCUT2D eigenvalue weighted by Crippen LogP contribution is -2.19. The van der Waals surface area contributed by atoms with E-state index in [2.05, 4.69) is 9.71 Å². The van der Waals surface area contributed by atoms with Gasteiger partial charge in [-0.25, -0.2) is 13.4 Å². The Labute approximate surface area is 169 Å². The highest BCUT2D eigenvalue weighted by Gasteiger charge is 2.37. The highest BCUT2D eigenvalue weighted by molar-refractivity contribution is 7.92. The fourth-order valence-electron chi connectivity index (χ4n) is 2.47. The van der Waals surface area contributed by atoms with Gasteiger partial charge in [-0.3, -0.25) is 4.72 Å². The summed E-state index contributed by atoms with van der Waals surface area (Å²) >= 11 is 12.1. The van der Waals surface area contributed by atoms with E-state index in [1.54, 1.807) is 18.2 Å². The number of alkyl halides is 3. The van der Waals surface area contributed by atoms with E-state index >= 15 is 0 Å². The minimum Gasteiger partial charge on any atom is -0.263 e. The Balaban J connectivity index is 1.92. The summed E-state index contributed by atoms with van der Waals surface area (Å²) in [5, 5.41) is 0.645. The molecule has 0 atom stereocenters. The zero-order valence-corrected chi connectivity index (χ0v) is 16.2. The molecule has 0 aliphatic rings. The van der Waals surface area contributed by atoms with Gasteiger partial charge in [0.05, 0.1) is 20.5 Å². The maximum atomic E-state index is 13.1. The second-order valence-corrected chi connectivity index (χ2v) is 8.07. The number of aromatic nitrogens is 1. The lowest BCUT2D eigenvalue weighted by atomic mass is 10.1. The van der Waals surface area contributed by atoms with Gasteiger partial charge in [-0.1, -0.05) is 47.5 Å². The number of halogens is 5. The van der Waals surface area contributed by atoms with E-state index in [1.807, 2.05) is 0 Å². The van der Waals surface area contributed by atoms with Crippen molar-refractivity contribution < 1.29 is 21.6 Å². The average Bonchev–Trinajstić information content (AvgIpc) is 2.64. The molecule has 0 spiro atoms. The molecule has 10 heteroatoms. The monoisotopic (exact) mass is 446 g/mol. The SMILES string of the molecule is O=S(=O)(Nc1ccc(-c2cccc(Cl)c2Cl)cn1)c1ccccc1C(F)(F)F. The molecule has 3 rings (SSSR count). The van der Waals surface area contributed by atoms with Crippen LogP contribution in [-0.2, 0) is 16.2 Å². The Hall–Kier alpha value is -2.29. The predicted molar refractivity (Wildman–Crippen MR) is 102 cm³/mol. The van der Waals surface area contributed by atoms with Crippen molar-refractivity contribution >= 4 is 39.0 Å². The Kier molecular flexibility index (Phi) is 5.56. The molecule has 146 valence electrons. The van der Waals surface area contributed by atoms with Crippen LogP contribution in [0.25, 0.3) is 11.1 Å². The minimum atomic E-state index is -4.81. The third-order valence-corrected chi connectivity index (χ3v) is 5.98. The summed E-state index contributed by atoms with van der Waals surface area (Å²) < 4.78 is 66.2. The number of nitrogens with zero attached hydrogens (tertiary/aromatic N) is 1. The van der Waals surface area contributed by atoms with E-state index in [-0.39, 0.29) is 5.82 Å². The predicted octanol–water partition coefficient (Wildman–Crippen LogP) is 5.88. The van der Waals surface area contributed by atoms with Crippen LogP contribution in [0.5, 0.6) is 0 Å². The highest BCUT2D eigenvalue weighted by Crippen LogP contribution is 2.35. The van der Waals surface area contributed by atoms with Gasteiger partial charge in [-0.05, 0) is 30.3 Å². The molecule has 2 aromatic carbocycles. The first-order chi connectivity index (χ1) is 13.1. The maximum absolute atomic E-state index is 13.1. The summed E-state index contributed by atoms with van der Waals surface area (Å²) in [4.78, 5) is 3.07. The first kappa shape index (κ1) is 20.4. The number of hydrogen-bond donors (Lipinski definition) is 1. The van der Waals surface area contributed by atoms with Gasteiger partial charge in [0.1, 0.15) is 5.82 Å². The maximum Gasteiger partial charge on any atom is 0.417 e. The van der Waals surface area contributed by atoms with Gasteiger partial charge in [0.2, 0.25) is 0 Å². The van der Waals surface area contributed by atoms with Gasteiger partial charge >= 0.3 is 6.18 Å². The van der Waals surface area contributed by atoms with Gasteiger partial charge in [0.25, 0.3) is 10.0 Å². The second kappa shape index (κ2) is 7.62. The molecule has 28 heavy (non-hydrogen) atoms. The molecule has 1 heterocycles. The third-order valence-electron chi connectivity index (χ3n) is 3.75. The van der Waals surface area contributed by atoms with Crippen LogP contribution in [-0.4, -0.2) is 13.4 Å². The molecule has 0 bridgehead atoms. The number of sulfonamides is 1. The van der Waals surface area contributed by atoms with Crippen LogP contribution in [0.15, 0.2) is 65.7 Å². The fraction of sp³-hybridized carbons (Fsp3) is 0.0556. The van der Waals surface area contributed by atoms with E-state index in [0.717, 1.165) is 12.1 Å². The van der Waals surface area contributed by atoms with Crippen LogP contribution in [0.2, 0.25) is 10.0 Å². The molecule has 4 nitrogen and oxygen atoms in total. The van der Waals surface area contributed by atoms with Crippen molar-refractivity contribution in [2.45, 2.75) is 11.1 Å². The van der Waals surface area contributed by atoms with Gasteiger partial charge in [0, 0.05) is 17.3 Å². The smallest absolute Gasteiger partial charge is 0.263 e. The molecule has 0 fully saturated rings. The summed E-state index contributed by atoms with van der Waals surface area (Å²) in [5.41, 5.74) is -0.116. The molecular weight excluding hydrogens is 436 g/mol. The van der Waals surface area contributed by atoms with Crippen molar-refractivity contribution in [2.75, 3.05) is 4.72 Å². The molecule has 0 amide bonds. The summed E-state index contributed by atoms with van der Waals surface area (Å²) in [6, 6.07) is 11.8. The normalized spacial score (nSPS) is 12.0. The van der Waals surface area contributed by atoms with Crippen molar-refractivity contribution in [1.29, 1.82) is 0 Å². The average molecular weight is 447 g/mol. The van der Waals surface area contributed by atoms with E-state index in [9.17, 15) is 21.6 Å². The fourth-order valence-corrected chi connectivity index (χ4v) is 4.11. The topological polar surface area (TPSA) is 59.1 Å². The largest absolute Gasteiger partial charge is 0.417 e. The van der Waals surface area contributed by atoms with E-state index in [4.69, 9.17) is 23.2 Å². The Morgan fingerprint density at radius 2 is 1.64 bits per heavy atom. The molecule has 3 aromatic rings. The van der Waals surface area contributed by atoms with E-state index in [1.165, 1.54) is 24.4 Å². The Morgan fingerprint density at radius 1 is 0.929 bits per heavy atom. The van der Waals surface area contributed by atoms with Crippen LogP contribution in [0.1, 0.15) is 5.56 Å². The highest BCUT2D eigenvalue weighted by atomic mass is 35.5. The van der Waals surface area contributed by atoms with Gasteiger partial charge in [-0.2, -0.15) is 13.2 Å². The van der Waals surface area contributed by atoms with Crippen LogP contribution in [0.4, 0.5) is 19.0 Å². The number of rotatable bonds is 4. The van der Waals surface area contributed by atoms with Crippen molar-refractivity contribution in [3.8, 4) is 11.1 Å². The number of benzene rings is 2. The van der Waals surface area contributed by atoms with Crippen LogP contribution in [0.3, 0.4) is 0 Å². The summed E-state index contributed by atoms with van der Waals surface area (Å²) in [5.74, 6) is -0.140. The second-order valence-electron chi connectivity index (χ2n) is 5.63. The van der Waals surface area contributed by atoms with Crippen molar-refractivity contribution in [2.24, 2.45) is 0 Å². The zero-order valence-electron chi connectivity index (χ0n) is 13.8. The molecule has 0 aliphatic carbocycles. The number of nitrogens with one attached hydrogen (secondary N) is 1. The summed E-state index contributed by atoms with van der Waals surface area (Å²) in [6.45, 7) is 0. The minimum absolute atomic E-state index is 0.140. The van der Waals surface area contributed by atoms with E-state index in [0.29, 0.717) is 27.2 Å². The van der Waals surface area contributed by atoms with Crippen molar-refractivity contribution in [3.05, 3.63) is 76.4 Å². The quantitative estimate of drug-likeness (QED) is 0.544. The van der Waals surface area contributed by atoms with Crippen LogP contribution >= 0.6 is 23.2 Å². The molecule has 0 unspecified atom stereocenters. The molecule has 1 aromatic heterocycles. The van der Waals surface area contributed by atoms with Crippen molar-refractivity contribution in [1.82, 2.24) is 4.98 Å². The number of hydrogen-bond acceptors (Lipinski definition) is 3. The summed E-state index contributed by atoms with van der Waals surface area (Å²) in [7, 11) is -4.50. The van der Waals surface area contributed by atoms with Gasteiger partial charge in [-0.15, -0.1) is 0 Å². The number of anilines is 1. The third kappa shape index (κ3) is 4.24. The van der Waals surface area contributed by atoms with Crippen LogP contribution < -0.4 is 4.72 Å². The molecule has 0 aliphatic heterocycles. The number of pyridine rings is 1. The summed E-state index contributed by atoms with van der Waals surface area (Å²) in [6.07, 6.45) is -3.48. The van der Waals surface area contributed by atoms with Crippen molar-refractivity contribution in [3.63, 3.8) is 0 Å². The Morgan fingerprint density at radius 3 is 2.29 bits per heavy atom. The first-order valence-corrected chi connectivity index (χ1v) is 9.93. The molecule has 0 saturated heterocycles. The lowest BCUT2D eigenvalue weighted by Gasteiger charge is -2.14. The molecular formula is C18H11Cl2F3N2O2S. The van der Waals surface area contributed by atoms with Crippen LogP contribution in [0, 0.1) is 0 Å². The van der Waals surface area contributed by atoms with Gasteiger partial charge in [0.15, 0.2) is 0 Å². The standard InChI is InChI=1S/C18H11Cl2F3N2O2S/c19-14-6-3-4-12(17(14)20)11-8-9-16(24-10-11)25-28(26,27)15-7-2-1-5-13(15)18(21,22)23/h1-10H,(H,24,25).